The number of para-hydroxylation sites is 1. The van der Waals surface area contributed by atoms with Crippen LogP contribution in [0.2, 0.25) is 0 Å². The lowest BCUT2D eigenvalue weighted by atomic mass is 10.0. The minimum absolute atomic E-state index is 0.264. The predicted molar refractivity (Wildman–Crippen MR) is 81.0 cm³/mol. The number of ether oxygens (including phenoxy) is 1. The second kappa shape index (κ2) is 6.96. The highest BCUT2D eigenvalue weighted by atomic mass is 16.5. The minimum Gasteiger partial charge on any atom is -0.508 e. The lowest BCUT2D eigenvalue weighted by Gasteiger charge is -2.18. The first-order chi connectivity index (χ1) is 9.74. The molecule has 0 fully saturated rings. The third kappa shape index (κ3) is 3.52. The van der Waals surface area contributed by atoms with Crippen molar-refractivity contribution in [2.24, 2.45) is 0 Å². The van der Waals surface area contributed by atoms with Crippen LogP contribution in [-0.2, 0) is 6.54 Å². The molecule has 0 aromatic heterocycles. The van der Waals surface area contributed by atoms with Gasteiger partial charge in [0.25, 0.3) is 0 Å². The Labute approximate surface area is 120 Å². The van der Waals surface area contributed by atoms with Crippen LogP contribution in [0.5, 0.6) is 11.5 Å². The third-order valence-corrected chi connectivity index (χ3v) is 3.44. The van der Waals surface area contributed by atoms with Crippen LogP contribution in [0.25, 0.3) is 0 Å². The molecule has 2 N–H and O–H groups in total. The molecule has 0 aliphatic rings. The maximum absolute atomic E-state index is 9.35. The van der Waals surface area contributed by atoms with Gasteiger partial charge in [0.15, 0.2) is 0 Å². The van der Waals surface area contributed by atoms with Crippen LogP contribution in [-0.4, -0.2) is 12.2 Å². The molecule has 1 atom stereocenters. The fourth-order valence-corrected chi connectivity index (χ4v) is 2.29. The van der Waals surface area contributed by atoms with Crippen molar-refractivity contribution in [2.75, 3.05) is 7.11 Å². The lowest BCUT2D eigenvalue weighted by Crippen LogP contribution is -2.20. The van der Waals surface area contributed by atoms with E-state index in [0.717, 1.165) is 24.3 Å². The largest absolute Gasteiger partial charge is 0.508 e. The highest BCUT2D eigenvalue weighted by Gasteiger charge is 2.10. The van der Waals surface area contributed by atoms with E-state index in [1.807, 2.05) is 30.3 Å². The van der Waals surface area contributed by atoms with Crippen LogP contribution in [0.3, 0.4) is 0 Å². The van der Waals surface area contributed by atoms with E-state index in [0.29, 0.717) is 5.75 Å². The number of nitrogens with one attached hydrogen (secondary N) is 1. The Morgan fingerprint density at radius 3 is 2.45 bits per heavy atom. The van der Waals surface area contributed by atoms with Gasteiger partial charge in [-0.25, -0.2) is 0 Å². The summed E-state index contributed by atoms with van der Waals surface area (Å²) in [4.78, 5) is 0. The Morgan fingerprint density at radius 1 is 1.10 bits per heavy atom. The van der Waals surface area contributed by atoms with E-state index in [2.05, 4.69) is 18.3 Å². The monoisotopic (exact) mass is 271 g/mol. The normalized spacial score (nSPS) is 12.1. The molecule has 2 rings (SSSR count). The molecule has 0 amide bonds. The molecule has 0 aliphatic carbocycles. The van der Waals surface area contributed by atoms with Crippen LogP contribution < -0.4 is 10.1 Å². The Balaban J connectivity index is 2.05. The topological polar surface area (TPSA) is 41.5 Å². The van der Waals surface area contributed by atoms with Gasteiger partial charge >= 0.3 is 0 Å². The van der Waals surface area contributed by atoms with Crippen molar-refractivity contribution in [1.29, 1.82) is 0 Å². The van der Waals surface area contributed by atoms with E-state index in [-0.39, 0.29) is 6.04 Å². The molecular formula is C17H21NO2. The summed E-state index contributed by atoms with van der Waals surface area (Å²) in [6, 6.07) is 15.7. The molecule has 0 radical (unpaired) electrons. The smallest absolute Gasteiger partial charge is 0.123 e. The van der Waals surface area contributed by atoms with Crippen molar-refractivity contribution in [1.82, 2.24) is 5.32 Å². The molecule has 0 spiro atoms. The SMILES string of the molecule is CCC(NCc1ccccc1OC)c1ccc(O)cc1. The summed E-state index contributed by atoms with van der Waals surface area (Å²) in [7, 11) is 1.69. The lowest BCUT2D eigenvalue weighted by molar-refractivity contribution is 0.404. The molecule has 2 aromatic carbocycles. The Hall–Kier alpha value is -2.00. The molecule has 3 nitrogen and oxygen atoms in total. The maximum atomic E-state index is 9.35. The highest BCUT2D eigenvalue weighted by Crippen LogP contribution is 2.22. The van der Waals surface area contributed by atoms with Gasteiger partial charge in [-0.05, 0) is 30.2 Å². The quantitative estimate of drug-likeness (QED) is 0.842. The predicted octanol–water partition coefficient (Wildman–Crippen LogP) is 3.64. The van der Waals surface area contributed by atoms with Crippen LogP contribution in [0, 0.1) is 0 Å². The van der Waals surface area contributed by atoms with Crippen LogP contribution in [0.15, 0.2) is 48.5 Å². The molecular weight excluding hydrogens is 250 g/mol. The van der Waals surface area contributed by atoms with E-state index in [1.165, 1.54) is 5.56 Å². The number of hydrogen-bond acceptors (Lipinski definition) is 3. The number of phenols is 1. The number of hydrogen-bond donors (Lipinski definition) is 2. The third-order valence-electron chi connectivity index (χ3n) is 3.44. The zero-order valence-electron chi connectivity index (χ0n) is 12.0. The van der Waals surface area contributed by atoms with E-state index in [1.54, 1.807) is 19.2 Å². The average molecular weight is 271 g/mol. The van der Waals surface area contributed by atoms with E-state index in [9.17, 15) is 5.11 Å². The minimum atomic E-state index is 0.264. The summed E-state index contributed by atoms with van der Waals surface area (Å²) in [6.07, 6.45) is 0.986. The number of phenolic OH excluding ortho intramolecular Hbond substituents is 1. The molecule has 106 valence electrons. The van der Waals surface area contributed by atoms with Gasteiger partial charge in [0.2, 0.25) is 0 Å². The van der Waals surface area contributed by atoms with Gasteiger partial charge in [-0.3, -0.25) is 0 Å². The van der Waals surface area contributed by atoms with Crippen molar-refractivity contribution in [3.63, 3.8) is 0 Å². The van der Waals surface area contributed by atoms with E-state index < -0.39 is 0 Å². The van der Waals surface area contributed by atoms with Crippen LogP contribution in [0.4, 0.5) is 0 Å². The highest BCUT2D eigenvalue weighted by molar-refractivity contribution is 5.33. The number of rotatable bonds is 6. The molecule has 20 heavy (non-hydrogen) atoms. The summed E-state index contributed by atoms with van der Waals surface area (Å²) in [5.74, 6) is 1.20. The first-order valence-corrected chi connectivity index (χ1v) is 6.88. The number of aromatic hydroxyl groups is 1. The fraction of sp³-hybridized carbons (Fsp3) is 0.294. The molecule has 2 aromatic rings. The summed E-state index contributed by atoms with van der Waals surface area (Å²) in [6.45, 7) is 2.90. The molecule has 0 aliphatic heterocycles. The molecule has 0 saturated carbocycles. The summed E-state index contributed by atoms with van der Waals surface area (Å²) in [5, 5.41) is 12.9. The van der Waals surface area contributed by atoms with Gasteiger partial charge in [0, 0.05) is 18.2 Å². The first-order valence-electron chi connectivity index (χ1n) is 6.88. The van der Waals surface area contributed by atoms with E-state index in [4.69, 9.17) is 4.74 Å². The second-order valence-electron chi connectivity index (χ2n) is 4.75. The summed E-state index contributed by atoms with van der Waals surface area (Å²) in [5.41, 5.74) is 2.33. The molecule has 0 saturated heterocycles. The zero-order valence-corrected chi connectivity index (χ0v) is 12.0. The summed E-state index contributed by atoms with van der Waals surface area (Å²) >= 11 is 0. The second-order valence-corrected chi connectivity index (χ2v) is 4.75. The Bertz CT molecular complexity index is 537. The van der Waals surface area contributed by atoms with Gasteiger partial charge in [0.05, 0.1) is 7.11 Å². The molecule has 1 unspecified atom stereocenters. The van der Waals surface area contributed by atoms with Gasteiger partial charge in [0.1, 0.15) is 11.5 Å². The van der Waals surface area contributed by atoms with Crippen molar-refractivity contribution in [3.05, 3.63) is 59.7 Å². The molecule has 0 heterocycles. The van der Waals surface area contributed by atoms with Crippen LogP contribution in [0.1, 0.15) is 30.5 Å². The summed E-state index contributed by atoms with van der Waals surface area (Å²) < 4.78 is 5.36. The van der Waals surface area contributed by atoms with Crippen molar-refractivity contribution in [3.8, 4) is 11.5 Å². The molecule has 0 bridgehead atoms. The Morgan fingerprint density at radius 2 is 1.80 bits per heavy atom. The van der Waals surface area contributed by atoms with Crippen molar-refractivity contribution >= 4 is 0 Å². The fourth-order valence-electron chi connectivity index (χ4n) is 2.29. The van der Waals surface area contributed by atoms with Crippen LogP contribution >= 0.6 is 0 Å². The van der Waals surface area contributed by atoms with Crippen molar-refractivity contribution in [2.45, 2.75) is 25.9 Å². The standard InChI is InChI=1S/C17H21NO2/c1-3-16(13-8-10-15(19)11-9-13)18-12-14-6-4-5-7-17(14)20-2/h4-11,16,18-19H,3,12H2,1-2H3. The van der Waals surface area contributed by atoms with Gasteiger partial charge in [-0.2, -0.15) is 0 Å². The first kappa shape index (κ1) is 14.4. The van der Waals surface area contributed by atoms with E-state index >= 15 is 0 Å². The van der Waals surface area contributed by atoms with Gasteiger partial charge in [-0.15, -0.1) is 0 Å². The van der Waals surface area contributed by atoms with Crippen molar-refractivity contribution < 1.29 is 9.84 Å². The maximum Gasteiger partial charge on any atom is 0.123 e. The zero-order chi connectivity index (χ0) is 14.4. The average Bonchev–Trinajstić information content (AvgIpc) is 2.50. The Kier molecular flexibility index (Phi) is 5.02. The van der Waals surface area contributed by atoms with Gasteiger partial charge < -0.3 is 15.2 Å². The van der Waals surface area contributed by atoms with Gasteiger partial charge in [-0.1, -0.05) is 37.3 Å². The number of methoxy groups -OCH3 is 1. The number of benzene rings is 2. The molecule has 3 heteroatoms.